The summed E-state index contributed by atoms with van der Waals surface area (Å²) in [5, 5.41) is 30.5. The molecule has 2 amide bonds. The average Bonchev–Trinajstić information content (AvgIpc) is 2.57. The van der Waals surface area contributed by atoms with E-state index in [1.54, 1.807) is 0 Å². The maximum Gasteiger partial charge on any atom is 0.352 e. The van der Waals surface area contributed by atoms with Gasteiger partial charge in [-0.3, -0.25) is 14.5 Å². The van der Waals surface area contributed by atoms with Gasteiger partial charge in [0.2, 0.25) is 0 Å². The van der Waals surface area contributed by atoms with Gasteiger partial charge in [-0.05, 0) is 23.8 Å². The number of carbonyl (C=O) groups is 3. The van der Waals surface area contributed by atoms with Gasteiger partial charge in [0, 0.05) is 10.8 Å². The fourth-order valence-corrected chi connectivity index (χ4v) is 4.22. The number of β-lactam (4-membered cyclic amide) rings is 1. The number of carboxylic acid groups (broad SMARTS) is 1. The Kier molecular flexibility index (Phi) is 4.63. The Balaban J connectivity index is 1.79. The van der Waals surface area contributed by atoms with Crippen molar-refractivity contribution < 1.29 is 29.7 Å². The number of aliphatic hydroxyl groups is 1. The summed E-state index contributed by atoms with van der Waals surface area (Å²) >= 11 is 6.96. The van der Waals surface area contributed by atoms with Crippen LogP contribution >= 0.6 is 23.4 Å². The number of nitrogens with zero attached hydrogens (tertiary/aromatic N) is 1. The van der Waals surface area contributed by atoms with Gasteiger partial charge < -0.3 is 20.6 Å². The third kappa shape index (κ3) is 2.94. The zero-order valence-corrected chi connectivity index (χ0v) is 14.2. The van der Waals surface area contributed by atoms with Gasteiger partial charge in [-0.1, -0.05) is 11.6 Å². The zero-order chi connectivity index (χ0) is 18.3. The Morgan fingerprint density at radius 2 is 2.12 bits per heavy atom. The van der Waals surface area contributed by atoms with Crippen LogP contribution in [-0.4, -0.2) is 61.8 Å². The number of carbonyl (C=O) groups excluding carboxylic acids is 2. The summed E-state index contributed by atoms with van der Waals surface area (Å²) in [7, 11) is 0. The van der Waals surface area contributed by atoms with Gasteiger partial charge in [-0.25, -0.2) is 4.79 Å². The first-order valence-corrected chi connectivity index (χ1v) is 8.58. The van der Waals surface area contributed by atoms with Crippen LogP contribution in [-0.2, 0) is 9.59 Å². The molecule has 10 heteroatoms. The quantitative estimate of drug-likeness (QED) is 0.553. The molecule has 0 saturated carbocycles. The Morgan fingerprint density at radius 3 is 2.72 bits per heavy atom. The van der Waals surface area contributed by atoms with Gasteiger partial charge in [-0.15, -0.1) is 11.8 Å². The average molecular weight is 385 g/mol. The number of halogens is 1. The van der Waals surface area contributed by atoms with E-state index in [1.807, 2.05) is 0 Å². The van der Waals surface area contributed by atoms with Crippen molar-refractivity contribution >= 4 is 41.1 Å². The predicted octanol–water partition coefficient (Wildman–Crippen LogP) is 0.390. The summed E-state index contributed by atoms with van der Waals surface area (Å²) in [5.74, 6) is -2.63. The topological polar surface area (TPSA) is 127 Å². The van der Waals surface area contributed by atoms with Crippen LogP contribution in [0.3, 0.4) is 0 Å². The highest BCUT2D eigenvalue weighted by Gasteiger charge is 2.54. The number of phenolic OH excluding ortho intramolecular Hbond substituents is 1. The van der Waals surface area contributed by atoms with Crippen molar-refractivity contribution in [3.05, 3.63) is 40.1 Å². The first-order valence-electron chi connectivity index (χ1n) is 7.15. The van der Waals surface area contributed by atoms with Gasteiger partial charge in [0.05, 0.1) is 12.2 Å². The smallest absolute Gasteiger partial charge is 0.352 e. The van der Waals surface area contributed by atoms with E-state index in [9.17, 15) is 29.7 Å². The number of amides is 2. The van der Waals surface area contributed by atoms with Crippen LogP contribution in [0.1, 0.15) is 10.4 Å². The van der Waals surface area contributed by atoms with E-state index >= 15 is 0 Å². The molecule has 0 aliphatic carbocycles. The molecule has 2 heterocycles. The lowest BCUT2D eigenvalue weighted by Crippen LogP contribution is -2.70. The van der Waals surface area contributed by atoms with Gasteiger partial charge in [0.25, 0.3) is 11.8 Å². The number of rotatable bonds is 4. The lowest BCUT2D eigenvalue weighted by molar-refractivity contribution is -0.148. The minimum absolute atomic E-state index is 0.0403. The van der Waals surface area contributed by atoms with Crippen LogP contribution in [0.2, 0.25) is 5.02 Å². The van der Waals surface area contributed by atoms with Crippen molar-refractivity contribution in [1.82, 2.24) is 10.2 Å². The number of aliphatic carboxylic acids is 1. The number of fused-ring (bicyclic) bond motifs is 1. The van der Waals surface area contributed by atoms with Crippen LogP contribution in [0.4, 0.5) is 0 Å². The number of carboxylic acids is 1. The normalized spacial score (nSPS) is 22.3. The van der Waals surface area contributed by atoms with Crippen LogP contribution in [0.25, 0.3) is 0 Å². The number of hydrogen-bond acceptors (Lipinski definition) is 6. The minimum Gasteiger partial charge on any atom is -0.507 e. The second-order valence-corrected chi connectivity index (χ2v) is 6.98. The van der Waals surface area contributed by atoms with Crippen molar-refractivity contribution in [2.75, 3.05) is 12.4 Å². The largest absolute Gasteiger partial charge is 0.507 e. The number of hydrogen-bond donors (Lipinski definition) is 4. The lowest BCUT2D eigenvalue weighted by Gasteiger charge is -2.49. The van der Waals surface area contributed by atoms with Gasteiger partial charge >= 0.3 is 5.97 Å². The Labute approximate surface area is 151 Å². The molecule has 0 bridgehead atoms. The van der Waals surface area contributed by atoms with Crippen LogP contribution < -0.4 is 5.32 Å². The molecule has 1 aromatic carbocycles. The van der Waals surface area contributed by atoms with Crippen molar-refractivity contribution in [2.45, 2.75) is 11.4 Å². The maximum absolute atomic E-state index is 12.3. The summed E-state index contributed by atoms with van der Waals surface area (Å²) in [4.78, 5) is 37.0. The van der Waals surface area contributed by atoms with Gasteiger partial charge in [0.15, 0.2) is 0 Å². The van der Waals surface area contributed by atoms with Gasteiger partial charge in [0.1, 0.15) is 22.9 Å². The summed E-state index contributed by atoms with van der Waals surface area (Å²) < 4.78 is 0. The number of aliphatic hydroxyl groups excluding tert-OH is 1. The van der Waals surface area contributed by atoms with E-state index < -0.39 is 35.8 Å². The van der Waals surface area contributed by atoms with Gasteiger partial charge in [-0.2, -0.15) is 0 Å². The molecule has 0 radical (unpaired) electrons. The molecule has 8 nitrogen and oxygen atoms in total. The molecule has 2 aliphatic rings. The summed E-state index contributed by atoms with van der Waals surface area (Å²) in [6.07, 6.45) is 0. The Hall–Kier alpha value is -2.23. The molecule has 2 atom stereocenters. The summed E-state index contributed by atoms with van der Waals surface area (Å²) in [5.41, 5.74) is -0.0279. The van der Waals surface area contributed by atoms with Crippen molar-refractivity contribution in [3.63, 3.8) is 0 Å². The molecular weight excluding hydrogens is 372 g/mol. The third-order valence-corrected chi connectivity index (χ3v) is 5.51. The highest BCUT2D eigenvalue weighted by molar-refractivity contribution is 8.00. The minimum atomic E-state index is -1.30. The number of thioether (sulfide) groups is 1. The van der Waals surface area contributed by atoms with E-state index in [4.69, 9.17) is 11.6 Å². The van der Waals surface area contributed by atoms with E-state index in [-0.39, 0.29) is 33.4 Å². The molecule has 1 saturated heterocycles. The number of benzene rings is 1. The first kappa shape index (κ1) is 17.6. The Bertz CT molecular complexity index is 811. The third-order valence-electron chi connectivity index (χ3n) is 3.93. The fraction of sp³-hybridized carbons (Fsp3) is 0.267. The second kappa shape index (κ2) is 6.58. The highest BCUT2D eigenvalue weighted by atomic mass is 35.5. The monoisotopic (exact) mass is 384 g/mol. The zero-order valence-electron chi connectivity index (χ0n) is 12.6. The molecule has 4 N–H and O–H groups in total. The number of phenols is 1. The van der Waals surface area contributed by atoms with E-state index in [1.165, 1.54) is 30.0 Å². The van der Waals surface area contributed by atoms with E-state index in [2.05, 4.69) is 5.32 Å². The molecule has 25 heavy (non-hydrogen) atoms. The molecule has 1 aromatic rings. The Morgan fingerprint density at radius 1 is 1.40 bits per heavy atom. The van der Waals surface area contributed by atoms with Crippen LogP contribution in [0, 0.1) is 0 Å². The number of aromatic hydroxyl groups is 1. The lowest BCUT2D eigenvalue weighted by atomic mass is 10.0. The predicted molar refractivity (Wildman–Crippen MR) is 89.2 cm³/mol. The molecule has 0 aromatic heterocycles. The van der Waals surface area contributed by atoms with E-state index in [0.717, 1.165) is 4.90 Å². The summed E-state index contributed by atoms with van der Waals surface area (Å²) in [6.45, 7) is -0.458. The summed E-state index contributed by atoms with van der Waals surface area (Å²) in [6, 6.07) is 3.05. The van der Waals surface area contributed by atoms with Crippen molar-refractivity contribution in [2.24, 2.45) is 0 Å². The molecular formula is C15H13ClN2O6S. The fourth-order valence-electron chi connectivity index (χ4n) is 2.72. The second-order valence-electron chi connectivity index (χ2n) is 5.44. The molecule has 1 fully saturated rings. The van der Waals surface area contributed by atoms with Crippen LogP contribution in [0.15, 0.2) is 29.5 Å². The standard InChI is InChI=1S/C15H13ClN2O6S/c16-7-1-2-8(9(20)3-7)12(21)17-10-13(22)18-11(15(23)24)6(4-19)5-25-14(10)18/h1-3,10,14,19-20H,4-5H2,(H,17,21)(H,23,24)/t10-,14-/m0/s1. The highest BCUT2D eigenvalue weighted by Crippen LogP contribution is 2.40. The molecule has 0 spiro atoms. The molecule has 132 valence electrons. The van der Waals surface area contributed by atoms with Crippen molar-refractivity contribution in [3.8, 4) is 5.75 Å². The number of nitrogens with one attached hydrogen (secondary N) is 1. The van der Waals surface area contributed by atoms with Crippen molar-refractivity contribution in [1.29, 1.82) is 0 Å². The van der Waals surface area contributed by atoms with Crippen LogP contribution in [0.5, 0.6) is 5.75 Å². The molecule has 3 rings (SSSR count). The maximum atomic E-state index is 12.3. The first-order chi connectivity index (χ1) is 11.8. The molecule has 0 unspecified atom stereocenters. The SMILES string of the molecule is O=C(O)C1=C(CO)CS[C@H]2[C@@H](NC(=O)c3ccc(Cl)cc3O)C(=O)N12. The molecule has 2 aliphatic heterocycles. The van der Waals surface area contributed by atoms with E-state index in [0.29, 0.717) is 0 Å².